The Morgan fingerprint density at radius 3 is 2.36 bits per heavy atom. The molecule has 0 bridgehead atoms. The van der Waals surface area contributed by atoms with Crippen molar-refractivity contribution in [2.75, 3.05) is 5.73 Å². The molecule has 2 aromatic carbocycles. The first-order valence-electron chi connectivity index (χ1n) is 9.30. The summed E-state index contributed by atoms with van der Waals surface area (Å²) < 4.78 is 8.12. The molecule has 0 saturated heterocycles. The van der Waals surface area contributed by atoms with Gasteiger partial charge in [-0.05, 0) is 63.1 Å². The summed E-state index contributed by atoms with van der Waals surface area (Å²) in [5, 5.41) is 0.886. The molecule has 0 aliphatic carbocycles. The van der Waals surface area contributed by atoms with E-state index in [4.69, 9.17) is 10.5 Å². The van der Waals surface area contributed by atoms with Gasteiger partial charge in [-0.25, -0.2) is 9.97 Å². The van der Waals surface area contributed by atoms with E-state index >= 15 is 0 Å². The molecule has 2 aromatic heterocycles. The summed E-state index contributed by atoms with van der Waals surface area (Å²) in [6.07, 6.45) is 3.64. The summed E-state index contributed by atoms with van der Waals surface area (Å²) in [7, 11) is 0. The van der Waals surface area contributed by atoms with Gasteiger partial charge in [0.1, 0.15) is 29.3 Å². The van der Waals surface area contributed by atoms with Gasteiger partial charge in [-0.1, -0.05) is 24.3 Å². The van der Waals surface area contributed by atoms with E-state index < -0.39 is 0 Å². The minimum atomic E-state index is -0.123. The quantitative estimate of drug-likeness (QED) is 0.513. The summed E-state index contributed by atoms with van der Waals surface area (Å²) in [5.41, 5.74) is 10.2. The van der Waals surface area contributed by atoms with Gasteiger partial charge in [0.05, 0.1) is 5.39 Å². The number of hydrogen-bond acceptors (Lipinski definition) is 4. The lowest BCUT2D eigenvalue weighted by Gasteiger charge is -2.21. The molecule has 2 heterocycles. The van der Waals surface area contributed by atoms with Gasteiger partial charge in [0.25, 0.3) is 0 Å². The Balaban J connectivity index is 1.82. The Bertz CT molecular complexity index is 1140. The van der Waals surface area contributed by atoms with E-state index in [0.717, 1.165) is 39.2 Å². The molecule has 4 aromatic rings. The molecule has 5 nitrogen and oxygen atoms in total. The minimum absolute atomic E-state index is 0.123. The first-order chi connectivity index (χ1) is 13.3. The van der Waals surface area contributed by atoms with Gasteiger partial charge < -0.3 is 15.0 Å². The molecule has 28 heavy (non-hydrogen) atoms. The molecule has 0 saturated carbocycles. The van der Waals surface area contributed by atoms with Crippen molar-refractivity contribution in [1.29, 1.82) is 0 Å². The smallest absolute Gasteiger partial charge is 0.146 e. The van der Waals surface area contributed by atoms with Gasteiger partial charge in [0.15, 0.2) is 0 Å². The fourth-order valence-electron chi connectivity index (χ4n) is 3.43. The molecular formula is C23H24N4O. The standard InChI is InChI=1S/C23H24N4O/c1-15-12-17(28-16-8-6-5-7-9-16)10-11-18(15)19-13-27(23(2,3)4)22-20(19)21(24)25-14-26-22/h5-14H,1-4H3,(H2,24,25,26). The van der Waals surface area contributed by atoms with Gasteiger partial charge in [-0.3, -0.25) is 0 Å². The van der Waals surface area contributed by atoms with Crippen LogP contribution in [0.5, 0.6) is 11.5 Å². The number of nitrogens with zero attached hydrogens (tertiary/aromatic N) is 3. The number of benzene rings is 2. The van der Waals surface area contributed by atoms with Crippen molar-refractivity contribution in [2.24, 2.45) is 0 Å². The van der Waals surface area contributed by atoms with E-state index in [-0.39, 0.29) is 5.54 Å². The van der Waals surface area contributed by atoms with Gasteiger partial charge in [0.2, 0.25) is 0 Å². The Hall–Kier alpha value is -3.34. The molecule has 2 N–H and O–H groups in total. The third-order valence-electron chi connectivity index (χ3n) is 4.80. The maximum Gasteiger partial charge on any atom is 0.146 e. The van der Waals surface area contributed by atoms with E-state index in [1.54, 1.807) is 0 Å². The largest absolute Gasteiger partial charge is 0.457 e. The zero-order chi connectivity index (χ0) is 19.9. The number of anilines is 1. The average molecular weight is 372 g/mol. The molecular weight excluding hydrogens is 348 g/mol. The predicted octanol–water partition coefficient (Wildman–Crippen LogP) is 5.54. The second-order valence-electron chi connectivity index (χ2n) is 7.93. The molecule has 0 aliphatic heterocycles. The van der Waals surface area contributed by atoms with E-state index in [0.29, 0.717) is 5.82 Å². The van der Waals surface area contributed by atoms with Crippen LogP contribution in [0.25, 0.3) is 22.2 Å². The number of para-hydroxylation sites is 1. The first kappa shape index (κ1) is 18.0. The highest BCUT2D eigenvalue weighted by Gasteiger charge is 2.22. The second-order valence-corrected chi connectivity index (χ2v) is 7.93. The van der Waals surface area contributed by atoms with Crippen molar-refractivity contribution >= 4 is 16.9 Å². The fraction of sp³-hybridized carbons (Fsp3) is 0.217. The van der Waals surface area contributed by atoms with Crippen LogP contribution in [0.3, 0.4) is 0 Å². The first-order valence-corrected chi connectivity index (χ1v) is 9.30. The number of fused-ring (bicyclic) bond motifs is 1. The van der Waals surface area contributed by atoms with Crippen LogP contribution < -0.4 is 10.5 Å². The van der Waals surface area contributed by atoms with E-state index in [1.807, 2.05) is 42.5 Å². The molecule has 0 amide bonds. The molecule has 0 aliphatic rings. The van der Waals surface area contributed by atoms with Crippen LogP contribution in [-0.4, -0.2) is 14.5 Å². The Kier molecular flexibility index (Phi) is 4.30. The van der Waals surface area contributed by atoms with Crippen LogP contribution in [0, 0.1) is 6.92 Å². The lowest BCUT2D eigenvalue weighted by atomic mass is 10.0. The van der Waals surface area contributed by atoms with Crippen LogP contribution in [0.4, 0.5) is 5.82 Å². The van der Waals surface area contributed by atoms with Crippen LogP contribution in [0.2, 0.25) is 0 Å². The maximum absolute atomic E-state index is 6.24. The summed E-state index contributed by atoms with van der Waals surface area (Å²) in [6.45, 7) is 8.53. The summed E-state index contributed by atoms with van der Waals surface area (Å²) >= 11 is 0. The number of aryl methyl sites for hydroxylation is 1. The SMILES string of the molecule is Cc1cc(Oc2ccccc2)ccc1-c1cn(C(C)(C)C)c2ncnc(N)c12. The summed E-state index contributed by atoms with van der Waals surface area (Å²) in [5.74, 6) is 2.11. The van der Waals surface area contributed by atoms with Crippen molar-refractivity contribution in [1.82, 2.24) is 14.5 Å². The van der Waals surface area contributed by atoms with Gasteiger partial charge in [0, 0.05) is 17.3 Å². The lowest BCUT2D eigenvalue weighted by molar-refractivity contribution is 0.408. The number of nitrogen functional groups attached to an aromatic ring is 1. The van der Waals surface area contributed by atoms with Crippen molar-refractivity contribution in [3.63, 3.8) is 0 Å². The van der Waals surface area contributed by atoms with Gasteiger partial charge in [-0.15, -0.1) is 0 Å². The molecule has 142 valence electrons. The van der Waals surface area contributed by atoms with Crippen molar-refractivity contribution in [3.05, 3.63) is 66.6 Å². The van der Waals surface area contributed by atoms with Gasteiger partial charge >= 0.3 is 0 Å². The third-order valence-corrected chi connectivity index (χ3v) is 4.80. The number of rotatable bonds is 3. The number of aromatic nitrogens is 3. The fourth-order valence-corrected chi connectivity index (χ4v) is 3.43. The van der Waals surface area contributed by atoms with Gasteiger partial charge in [-0.2, -0.15) is 0 Å². The van der Waals surface area contributed by atoms with E-state index in [9.17, 15) is 0 Å². The second kappa shape index (κ2) is 6.68. The van der Waals surface area contributed by atoms with Crippen LogP contribution >= 0.6 is 0 Å². The van der Waals surface area contributed by atoms with E-state index in [2.05, 4.69) is 54.5 Å². The number of nitrogens with two attached hydrogens (primary N) is 1. The molecule has 0 atom stereocenters. The number of ether oxygens (including phenoxy) is 1. The lowest BCUT2D eigenvalue weighted by Crippen LogP contribution is -2.21. The highest BCUT2D eigenvalue weighted by molar-refractivity contribution is 6.01. The number of hydrogen-bond donors (Lipinski definition) is 1. The Labute approximate surface area is 164 Å². The maximum atomic E-state index is 6.24. The van der Waals surface area contributed by atoms with Crippen molar-refractivity contribution in [2.45, 2.75) is 33.2 Å². The van der Waals surface area contributed by atoms with Crippen LogP contribution in [0.15, 0.2) is 61.1 Å². The highest BCUT2D eigenvalue weighted by atomic mass is 16.5. The Morgan fingerprint density at radius 2 is 1.68 bits per heavy atom. The predicted molar refractivity (Wildman–Crippen MR) is 114 cm³/mol. The normalized spacial score (nSPS) is 11.7. The summed E-state index contributed by atoms with van der Waals surface area (Å²) in [6, 6.07) is 15.9. The average Bonchev–Trinajstić information content (AvgIpc) is 3.04. The zero-order valence-corrected chi connectivity index (χ0v) is 16.6. The van der Waals surface area contributed by atoms with Crippen LogP contribution in [-0.2, 0) is 5.54 Å². The molecule has 0 fully saturated rings. The third kappa shape index (κ3) is 3.20. The topological polar surface area (TPSA) is 66.0 Å². The highest BCUT2D eigenvalue weighted by Crippen LogP contribution is 2.38. The zero-order valence-electron chi connectivity index (χ0n) is 16.6. The van der Waals surface area contributed by atoms with Crippen LogP contribution in [0.1, 0.15) is 26.3 Å². The molecule has 4 rings (SSSR count). The Morgan fingerprint density at radius 1 is 0.929 bits per heavy atom. The molecule has 5 heteroatoms. The minimum Gasteiger partial charge on any atom is -0.457 e. The van der Waals surface area contributed by atoms with Crippen molar-refractivity contribution in [3.8, 4) is 22.6 Å². The molecule has 0 unspecified atom stereocenters. The van der Waals surface area contributed by atoms with Crippen molar-refractivity contribution < 1.29 is 4.74 Å². The molecule has 0 radical (unpaired) electrons. The summed E-state index contributed by atoms with van der Waals surface area (Å²) in [4.78, 5) is 8.73. The monoisotopic (exact) mass is 372 g/mol. The van der Waals surface area contributed by atoms with E-state index in [1.165, 1.54) is 6.33 Å². The molecule has 0 spiro atoms.